The van der Waals surface area contributed by atoms with Crippen LogP contribution in [0.15, 0.2) is 17.0 Å². The van der Waals surface area contributed by atoms with Crippen LogP contribution < -0.4 is 29.6 Å². The van der Waals surface area contributed by atoms with Gasteiger partial charge in [0.1, 0.15) is 5.02 Å². The molecule has 1 aromatic rings. The molecule has 0 aromatic heterocycles. The molecular weight excluding hydrogens is 253 g/mol. The van der Waals surface area contributed by atoms with E-state index < -0.39 is 21.7 Å². The van der Waals surface area contributed by atoms with E-state index in [1.165, 1.54) is 12.1 Å². The number of nitro benzene ring substituents is 1. The summed E-state index contributed by atoms with van der Waals surface area (Å²) in [6, 6.07) is 2.50. The minimum Gasteiger partial charge on any atom is -0.768 e. The van der Waals surface area contributed by atoms with E-state index >= 15 is 0 Å². The number of nitrogens with zero attached hydrogens (tertiary/aromatic N) is 1. The number of hydrogen-bond donors (Lipinski definition) is 0. The van der Waals surface area contributed by atoms with E-state index in [9.17, 15) is 18.9 Å². The van der Waals surface area contributed by atoms with Crippen molar-refractivity contribution < 1.29 is 43.2 Å². The SMILES string of the molecule is Cc1cc([N+](=O)[O-])c(Cl)c(S(=O)[O-])c1.[Na+]. The fraction of sp³-hybridized carbons (Fsp3) is 0.143. The molecule has 0 amide bonds. The molecule has 5 nitrogen and oxygen atoms in total. The summed E-state index contributed by atoms with van der Waals surface area (Å²) in [5.41, 5.74) is 0.0752. The van der Waals surface area contributed by atoms with Crippen LogP contribution in [0.2, 0.25) is 5.02 Å². The van der Waals surface area contributed by atoms with Gasteiger partial charge in [0.2, 0.25) is 0 Å². The van der Waals surface area contributed by atoms with Crippen LogP contribution in [0.5, 0.6) is 0 Å². The molecule has 1 aromatic carbocycles. The van der Waals surface area contributed by atoms with Crippen molar-refractivity contribution in [1.82, 2.24) is 0 Å². The molecule has 1 unspecified atom stereocenters. The van der Waals surface area contributed by atoms with Gasteiger partial charge in [0.25, 0.3) is 5.69 Å². The Labute approximate surface area is 116 Å². The molecular formula is C7H5ClNNaO4S. The number of halogens is 1. The number of nitro groups is 1. The van der Waals surface area contributed by atoms with Crippen molar-refractivity contribution in [3.05, 3.63) is 32.8 Å². The van der Waals surface area contributed by atoms with Gasteiger partial charge in [0.05, 0.1) is 9.82 Å². The predicted molar refractivity (Wildman–Crippen MR) is 50.0 cm³/mol. The molecule has 8 heteroatoms. The van der Waals surface area contributed by atoms with Crippen LogP contribution in [0.3, 0.4) is 0 Å². The maximum atomic E-state index is 10.6. The van der Waals surface area contributed by atoms with Crippen LogP contribution in [0.25, 0.3) is 0 Å². The zero-order chi connectivity index (χ0) is 10.9. The van der Waals surface area contributed by atoms with Gasteiger partial charge in [-0.3, -0.25) is 14.3 Å². The fourth-order valence-electron chi connectivity index (χ4n) is 0.971. The molecule has 76 valence electrons. The third-order valence-electron chi connectivity index (χ3n) is 1.54. The maximum absolute atomic E-state index is 10.6. The first-order valence-corrected chi connectivity index (χ1v) is 4.92. The maximum Gasteiger partial charge on any atom is 1.00 e. The van der Waals surface area contributed by atoms with Crippen molar-refractivity contribution >= 4 is 28.4 Å². The number of rotatable bonds is 2. The number of benzene rings is 1. The van der Waals surface area contributed by atoms with Crippen LogP contribution in [-0.4, -0.2) is 13.7 Å². The average Bonchev–Trinajstić information content (AvgIpc) is 2.07. The predicted octanol–water partition coefficient (Wildman–Crippen LogP) is -1.20. The molecule has 0 heterocycles. The quantitative estimate of drug-likeness (QED) is 0.288. The van der Waals surface area contributed by atoms with E-state index in [1.807, 2.05) is 0 Å². The van der Waals surface area contributed by atoms with Crippen molar-refractivity contribution in [2.45, 2.75) is 11.8 Å². The first kappa shape index (κ1) is 15.0. The summed E-state index contributed by atoms with van der Waals surface area (Å²) in [7, 11) is 0. The standard InChI is InChI=1S/C7H6ClNO4S.Na/c1-4-2-5(9(10)11)7(8)6(3-4)14(12)13;/h2-3H,1H3,(H,12,13);/q;+1/p-1. The van der Waals surface area contributed by atoms with Crippen LogP contribution in [0.4, 0.5) is 5.69 Å². The first-order chi connectivity index (χ1) is 6.43. The molecule has 1 atom stereocenters. The third kappa shape index (κ3) is 3.51. The van der Waals surface area contributed by atoms with Crippen LogP contribution in [0.1, 0.15) is 5.56 Å². The zero-order valence-corrected chi connectivity index (χ0v) is 11.6. The molecule has 0 aliphatic rings. The molecule has 0 fully saturated rings. The Bertz CT molecular complexity index is 390. The van der Waals surface area contributed by atoms with E-state index in [-0.39, 0.29) is 39.5 Å². The molecule has 0 saturated carbocycles. The second kappa shape index (κ2) is 5.93. The molecule has 0 N–H and O–H groups in total. The van der Waals surface area contributed by atoms with E-state index in [0.29, 0.717) is 5.56 Å². The summed E-state index contributed by atoms with van der Waals surface area (Å²) < 4.78 is 21.3. The van der Waals surface area contributed by atoms with Crippen molar-refractivity contribution in [2.75, 3.05) is 0 Å². The average molecular weight is 258 g/mol. The summed E-state index contributed by atoms with van der Waals surface area (Å²) in [5, 5.41) is 10.1. The fourth-order valence-corrected chi connectivity index (χ4v) is 1.87. The Morgan fingerprint density at radius 3 is 2.40 bits per heavy atom. The molecule has 0 saturated heterocycles. The second-order valence-corrected chi connectivity index (χ2v) is 3.88. The third-order valence-corrected chi connectivity index (χ3v) is 2.73. The molecule has 0 bridgehead atoms. The monoisotopic (exact) mass is 257 g/mol. The van der Waals surface area contributed by atoms with Gasteiger partial charge in [-0.15, -0.1) is 0 Å². The molecule has 0 aliphatic heterocycles. The van der Waals surface area contributed by atoms with Gasteiger partial charge >= 0.3 is 29.6 Å². The van der Waals surface area contributed by atoms with Gasteiger partial charge in [-0.1, -0.05) is 11.6 Å². The number of hydrogen-bond acceptors (Lipinski definition) is 4. The Morgan fingerprint density at radius 2 is 2.00 bits per heavy atom. The normalized spacial score (nSPS) is 11.7. The van der Waals surface area contributed by atoms with Crippen LogP contribution in [-0.2, 0) is 11.1 Å². The molecule has 0 spiro atoms. The Balaban J connectivity index is 0.00000196. The van der Waals surface area contributed by atoms with Gasteiger partial charge in [-0.25, -0.2) is 0 Å². The van der Waals surface area contributed by atoms with Gasteiger partial charge in [0, 0.05) is 6.07 Å². The van der Waals surface area contributed by atoms with Gasteiger partial charge in [-0.2, -0.15) is 0 Å². The Morgan fingerprint density at radius 1 is 1.47 bits per heavy atom. The van der Waals surface area contributed by atoms with Gasteiger partial charge in [0.15, 0.2) is 0 Å². The summed E-state index contributed by atoms with van der Waals surface area (Å²) in [5.74, 6) is 0. The van der Waals surface area contributed by atoms with Crippen LogP contribution in [0, 0.1) is 17.0 Å². The van der Waals surface area contributed by atoms with E-state index in [2.05, 4.69) is 0 Å². The summed E-state index contributed by atoms with van der Waals surface area (Å²) in [4.78, 5) is 9.50. The largest absolute Gasteiger partial charge is 1.00 e. The molecule has 0 radical (unpaired) electrons. The second-order valence-electron chi connectivity index (χ2n) is 2.59. The molecule has 0 aliphatic carbocycles. The summed E-state index contributed by atoms with van der Waals surface area (Å²) in [6.07, 6.45) is 0. The molecule has 15 heavy (non-hydrogen) atoms. The minimum atomic E-state index is -2.56. The first-order valence-electron chi connectivity index (χ1n) is 3.47. The van der Waals surface area contributed by atoms with E-state index in [0.717, 1.165) is 0 Å². The van der Waals surface area contributed by atoms with Crippen LogP contribution >= 0.6 is 11.6 Å². The zero-order valence-electron chi connectivity index (χ0n) is 8.02. The minimum absolute atomic E-state index is 0. The Kier molecular flexibility index (Phi) is 5.94. The Hall–Kier alpha value is 0.0200. The van der Waals surface area contributed by atoms with Crippen molar-refractivity contribution in [3.63, 3.8) is 0 Å². The van der Waals surface area contributed by atoms with Crippen molar-refractivity contribution in [2.24, 2.45) is 0 Å². The van der Waals surface area contributed by atoms with Gasteiger partial charge < -0.3 is 4.55 Å². The molecule has 1 rings (SSSR count). The summed E-state index contributed by atoms with van der Waals surface area (Å²) in [6.45, 7) is 1.56. The summed E-state index contributed by atoms with van der Waals surface area (Å²) >= 11 is 2.97. The smallest absolute Gasteiger partial charge is 0.768 e. The van der Waals surface area contributed by atoms with Crippen molar-refractivity contribution in [3.8, 4) is 0 Å². The van der Waals surface area contributed by atoms with E-state index in [1.54, 1.807) is 6.92 Å². The van der Waals surface area contributed by atoms with Crippen molar-refractivity contribution in [1.29, 1.82) is 0 Å². The number of aryl methyl sites for hydroxylation is 1. The van der Waals surface area contributed by atoms with E-state index in [4.69, 9.17) is 11.6 Å². The topological polar surface area (TPSA) is 83.3 Å². The van der Waals surface area contributed by atoms with Gasteiger partial charge in [-0.05, 0) is 29.6 Å².